The van der Waals surface area contributed by atoms with Gasteiger partial charge in [-0.3, -0.25) is 9.52 Å². The summed E-state index contributed by atoms with van der Waals surface area (Å²) in [6.07, 6.45) is 0. The van der Waals surface area contributed by atoms with E-state index in [1.54, 1.807) is 4.72 Å². The van der Waals surface area contributed by atoms with Gasteiger partial charge in [0.25, 0.3) is 0 Å². The number of esters is 1. The van der Waals surface area contributed by atoms with Crippen LogP contribution in [0.15, 0.2) is 12.1 Å². The number of rotatable bonds is 6. The smallest absolute Gasteiger partial charge is 0.337 e. The van der Waals surface area contributed by atoms with E-state index in [1.807, 2.05) is 0 Å². The van der Waals surface area contributed by atoms with Gasteiger partial charge in [0.15, 0.2) is 17.4 Å². The molecule has 0 heterocycles. The number of carbonyl (C=O) groups excluding carboxylic acids is 1. The van der Waals surface area contributed by atoms with Crippen LogP contribution in [0.4, 0.5) is 14.5 Å². The van der Waals surface area contributed by atoms with E-state index in [4.69, 9.17) is 5.11 Å². The lowest BCUT2D eigenvalue weighted by Crippen LogP contribution is -2.25. The Hall–Kier alpha value is -2.23. The fourth-order valence-corrected chi connectivity index (χ4v) is 2.34. The van der Waals surface area contributed by atoms with E-state index >= 15 is 0 Å². The van der Waals surface area contributed by atoms with Gasteiger partial charge < -0.3 is 9.84 Å². The minimum Gasteiger partial charge on any atom is -0.478 e. The molecule has 0 aromatic heterocycles. The van der Waals surface area contributed by atoms with E-state index in [9.17, 15) is 26.8 Å². The molecule has 0 bridgehead atoms. The van der Waals surface area contributed by atoms with E-state index in [2.05, 4.69) is 4.74 Å². The van der Waals surface area contributed by atoms with Crippen molar-refractivity contribution in [2.45, 2.75) is 6.92 Å². The van der Waals surface area contributed by atoms with Gasteiger partial charge in [-0.2, -0.15) is 0 Å². The van der Waals surface area contributed by atoms with Crippen LogP contribution in [0.5, 0.6) is 0 Å². The van der Waals surface area contributed by atoms with Crippen molar-refractivity contribution < 1.29 is 36.6 Å². The van der Waals surface area contributed by atoms with E-state index in [0.717, 1.165) is 0 Å². The van der Waals surface area contributed by atoms with Gasteiger partial charge in [-0.05, 0) is 13.0 Å². The summed E-state index contributed by atoms with van der Waals surface area (Å²) in [6.45, 7) is 1.43. The molecular formula is C11H11F2NO6S. The number of carbonyl (C=O) groups is 2. The number of carboxylic acid groups (broad SMARTS) is 1. The Morgan fingerprint density at radius 1 is 1.29 bits per heavy atom. The van der Waals surface area contributed by atoms with Crippen molar-refractivity contribution in [1.82, 2.24) is 0 Å². The number of anilines is 1. The lowest BCUT2D eigenvalue weighted by molar-refractivity contribution is -0.139. The quantitative estimate of drug-likeness (QED) is 0.755. The van der Waals surface area contributed by atoms with Crippen LogP contribution in [-0.4, -0.2) is 37.8 Å². The van der Waals surface area contributed by atoms with Crippen LogP contribution in [0.3, 0.4) is 0 Å². The van der Waals surface area contributed by atoms with Gasteiger partial charge in [-0.25, -0.2) is 22.0 Å². The van der Waals surface area contributed by atoms with Gasteiger partial charge in [0, 0.05) is 6.07 Å². The van der Waals surface area contributed by atoms with E-state index in [0.29, 0.717) is 12.1 Å². The highest BCUT2D eigenvalue weighted by molar-refractivity contribution is 7.93. The normalized spacial score (nSPS) is 11.0. The molecular weight excluding hydrogens is 312 g/mol. The zero-order chi connectivity index (χ0) is 16.2. The number of aromatic carboxylic acids is 1. The molecule has 0 aliphatic carbocycles. The minimum absolute atomic E-state index is 0.0418. The van der Waals surface area contributed by atoms with Gasteiger partial charge in [0.2, 0.25) is 10.0 Å². The molecule has 0 spiro atoms. The van der Waals surface area contributed by atoms with Gasteiger partial charge in [-0.1, -0.05) is 0 Å². The van der Waals surface area contributed by atoms with E-state index in [1.165, 1.54) is 6.92 Å². The molecule has 7 nitrogen and oxygen atoms in total. The fraction of sp³-hybridized carbons (Fsp3) is 0.273. The minimum atomic E-state index is -4.32. The zero-order valence-corrected chi connectivity index (χ0v) is 11.5. The topological polar surface area (TPSA) is 110 Å². The molecule has 1 rings (SSSR count). The second-order valence-electron chi connectivity index (χ2n) is 3.78. The summed E-state index contributed by atoms with van der Waals surface area (Å²) in [6, 6.07) is 0.710. The molecule has 0 amide bonds. The summed E-state index contributed by atoms with van der Waals surface area (Å²) in [5, 5.41) is 8.83. The molecule has 0 saturated heterocycles. The molecule has 0 unspecified atom stereocenters. The first-order valence-electron chi connectivity index (χ1n) is 5.54. The van der Waals surface area contributed by atoms with Crippen LogP contribution in [0.1, 0.15) is 17.3 Å². The maximum atomic E-state index is 13.1. The number of hydrogen-bond donors (Lipinski definition) is 2. The average molecular weight is 323 g/mol. The summed E-state index contributed by atoms with van der Waals surface area (Å²) >= 11 is 0. The molecule has 2 N–H and O–H groups in total. The third kappa shape index (κ3) is 4.67. The Kier molecular flexibility index (Phi) is 5.19. The van der Waals surface area contributed by atoms with Crippen molar-refractivity contribution in [3.8, 4) is 0 Å². The maximum Gasteiger partial charge on any atom is 0.337 e. The largest absolute Gasteiger partial charge is 0.478 e. The first kappa shape index (κ1) is 16.8. The number of carboxylic acids is 1. The van der Waals surface area contributed by atoms with Crippen LogP contribution in [0, 0.1) is 11.6 Å². The monoisotopic (exact) mass is 323 g/mol. The van der Waals surface area contributed by atoms with Crippen molar-refractivity contribution in [2.75, 3.05) is 17.1 Å². The average Bonchev–Trinajstić information content (AvgIpc) is 2.32. The summed E-state index contributed by atoms with van der Waals surface area (Å²) in [5.74, 6) is -6.69. The summed E-state index contributed by atoms with van der Waals surface area (Å²) in [5.41, 5.74) is -1.48. The lowest BCUT2D eigenvalue weighted by atomic mass is 10.2. The van der Waals surface area contributed by atoms with Crippen molar-refractivity contribution >= 4 is 27.6 Å². The molecule has 116 valence electrons. The molecule has 0 aliphatic rings. The molecule has 0 radical (unpaired) electrons. The SMILES string of the molecule is CCOC(=O)CS(=O)(=O)Nc1cc(F)c(F)cc1C(=O)O. The number of hydrogen-bond acceptors (Lipinski definition) is 5. The van der Waals surface area contributed by atoms with Gasteiger partial charge in [-0.15, -0.1) is 0 Å². The second-order valence-corrected chi connectivity index (χ2v) is 5.51. The number of sulfonamides is 1. The van der Waals surface area contributed by atoms with Crippen LogP contribution < -0.4 is 4.72 Å². The Morgan fingerprint density at radius 3 is 2.38 bits per heavy atom. The first-order chi connectivity index (χ1) is 9.66. The van der Waals surface area contributed by atoms with E-state index in [-0.39, 0.29) is 6.61 Å². The predicted molar refractivity (Wildman–Crippen MR) is 67.4 cm³/mol. The number of halogens is 2. The van der Waals surface area contributed by atoms with Crippen LogP contribution >= 0.6 is 0 Å². The molecule has 10 heteroatoms. The number of nitrogens with one attached hydrogen (secondary N) is 1. The third-order valence-electron chi connectivity index (χ3n) is 2.17. The van der Waals surface area contributed by atoms with Crippen LogP contribution in [0.25, 0.3) is 0 Å². The van der Waals surface area contributed by atoms with Gasteiger partial charge in [0.1, 0.15) is 0 Å². The molecule has 1 aromatic rings. The predicted octanol–water partition coefficient (Wildman–Crippen LogP) is 0.968. The van der Waals surface area contributed by atoms with Gasteiger partial charge in [0.05, 0.1) is 17.9 Å². The van der Waals surface area contributed by atoms with Crippen LogP contribution in [0.2, 0.25) is 0 Å². The molecule has 0 atom stereocenters. The molecule has 21 heavy (non-hydrogen) atoms. The van der Waals surface area contributed by atoms with Crippen molar-refractivity contribution in [1.29, 1.82) is 0 Å². The Balaban J connectivity index is 3.09. The molecule has 0 aliphatic heterocycles. The highest BCUT2D eigenvalue weighted by atomic mass is 32.2. The number of benzene rings is 1. The lowest BCUT2D eigenvalue weighted by Gasteiger charge is -2.10. The Bertz CT molecular complexity index is 674. The highest BCUT2D eigenvalue weighted by Crippen LogP contribution is 2.21. The summed E-state index contributed by atoms with van der Waals surface area (Å²) in [7, 11) is -4.32. The summed E-state index contributed by atoms with van der Waals surface area (Å²) in [4.78, 5) is 22.0. The number of ether oxygens (including phenoxy) is 1. The zero-order valence-electron chi connectivity index (χ0n) is 10.7. The second kappa shape index (κ2) is 6.48. The summed E-state index contributed by atoms with van der Waals surface area (Å²) < 4.78 is 55.5. The highest BCUT2D eigenvalue weighted by Gasteiger charge is 2.22. The van der Waals surface area contributed by atoms with Gasteiger partial charge >= 0.3 is 11.9 Å². The standard InChI is InChI=1S/C11H11F2NO6S/c1-2-20-10(15)5-21(18,19)14-9-4-8(13)7(12)3-6(9)11(16)17/h3-4,14H,2,5H2,1H3,(H,16,17). The molecule has 0 saturated carbocycles. The first-order valence-corrected chi connectivity index (χ1v) is 7.20. The van der Waals surface area contributed by atoms with Crippen LogP contribution in [-0.2, 0) is 19.6 Å². The third-order valence-corrected chi connectivity index (χ3v) is 3.32. The maximum absolute atomic E-state index is 13.1. The fourth-order valence-electron chi connectivity index (χ4n) is 1.37. The molecule has 0 fully saturated rings. The molecule has 1 aromatic carbocycles. The van der Waals surface area contributed by atoms with E-state index < -0.39 is 50.6 Å². The van der Waals surface area contributed by atoms with Crippen molar-refractivity contribution in [2.24, 2.45) is 0 Å². The Morgan fingerprint density at radius 2 is 1.86 bits per heavy atom. The van der Waals surface area contributed by atoms with Crippen molar-refractivity contribution in [3.63, 3.8) is 0 Å². The van der Waals surface area contributed by atoms with Crippen molar-refractivity contribution in [3.05, 3.63) is 29.3 Å². The Labute approximate surface area is 118 Å².